The van der Waals surface area contributed by atoms with Crippen LogP contribution in [0, 0.1) is 6.92 Å². The Hall–Kier alpha value is -1.15. The van der Waals surface area contributed by atoms with E-state index in [0.29, 0.717) is 30.7 Å². The third kappa shape index (κ3) is 3.74. The minimum Gasteiger partial charge on any atom is -0.464 e. The molecule has 0 radical (unpaired) electrons. The molecule has 0 saturated heterocycles. The lowest BCUT2D eigenvalue weighted by Crippen LogP contribution is -2.23. The molecule has 2 aromatic rings. The van der Waals surface area contributed by atoms with Gasteiger partial charge >= 0.3 is 0 Å². The van der Waals surface area contributed by atoms with Crippen molar-refractivity contribution in [1.82, 2.24) is 10.0 Å². The number of thiophene rings is 1. The first-order valence-corrected chi connectivity index (χ1v) is 9.30. The molecule has 0 aliphatic heterocycles. The van der Waals surface area contributed by atoms with E-state index in [4.69, 9.17) is 4.42 Å². The summed E-state index contributed by atoms with van der Waals surface area (Å²) in [5.41, 5.74) is 0.959. The van der Waals surface area contributed by atoms with Gasteiger partial charge in [0.2, 0.25) is 10.0 Å². The molecule has 1 fully saturated rings. The summed E-state index contributed by atoms with van der Waals surface area (Å²) in [5.74, 6) is 1.09. The predicted octanol–water partition coefficient (Wildman–Crippen LogP) is 2.38. The molecular formula is C14H18N2O3S2. The summed E-state index contributed by atoms with van der Waals surface area (Å²) in [6, 6.07) is 4.08. The number of furan rings is 1. The highest BCUT2D eigenvalue weighted by molar-refractivity contribution is 7.89. The Kier molecular flexibility index (Phi) is 4.17. The van der Waals surface area contributed by atoms with Crippen molar-refractivity contribution in [2.45, 2.75) is 43.8 Å². The molecule has 2 N–H and O–H groups in total. The van der Waals surface area contributed by atoms with Gasteiger partial charge in [0, 0.05) is 18.7 Å². The average molecular weight is 326 g/mol. The van der Waals surface area contributed by atoms with Gasteiger partial charge < -0.3 is 9.73 Å². The molecule has 3 rings (SSSR count). The number of hydrogen-bond donors (Lipinski definition) is 2. The van der Waals surface area contributed by atoms with Crippen molar-refractivity contribution >= 4 is 21.4 Å². The van der Waals surface area contributed by atoms with Crippen LogP contribution in [0.1, 0.15) is 29.9 Å². The van der Waals surface area contributed by atoms with E-state index in [1.807, 2.05) is 16.8 Å². The first-order chi connectivity index (χ1) is 10.0. The monoisotopic (exact) mass is 326 g/mol. The maximum Gasteiger partial charge on any atom is 0.244 e. The van der Waals surface area contributed by atoms with E-state index in [1.54, 1.807) is 24.3 Å². The smallest absolute Gasteiger partial charge is 0.244 e. The molecule has 0 amide bonds. The van der Waals surface area contributed by atoms with Crippen molar-refractivity contribution in [2.24, 2.45) is 0 Å². The van der Waals surface area contributed by atoms with Crippen LogP contribution in [0.2, 0.25) is 0 Å². The summed E-state index contributed by atoms with van der Waals surface area (Å²) in [7, 11) is -3.54. The van der Waals surface area contributed by atoms with Crippen LogP contribution in [-0.2, 0) is 23.1 Å². The zero-order valence-corrected chi connectivity index (χ0v) is 13.4. The van der Waals surface area contributed by atoms with Crippen LogP contribution in [0.3, 0.4) is 0 Å². The fourth-order valence-corrected chi connectivity index (χ4v) is 3.95. The third-order valence-electron chi connectivity index (χ3n) is 3.40. The lowest BCUT2D eigenvalue weighted by Gasteiger charge is -2.03. The lowest BCUT2D eigenvalue weighted by atomic mass is 10.4. The normalized spacial score (nSPS) is 15.5. The molecule has 0 aromatic carbocycles. The topological polar surface area (TPSA) is 71.3 Å². The largest absolute Gasteiger partial charge is 0.464 e. The van der Waals surface area contributed by atoms with E-state index < -0.39 is 10.0 Å². The Bertz CT molecular complexity index is 701. The number of hydrogen-bond acceptors (Lipinski definition) is 5. The molecule has 2 aromatic heterocycles. The molecule has 0 spiro atoms. The van der Waals surface area contributed by atoms with Crippen LogP contribution >= 0.6 is 11.3 Å². The summed E-state index contributed by atoms with van der Waals surface area (Å²) < 4.78 is 32.8. The van der Waals surface area contributed by atoms with Gasteiger partial charge in [-0.1, -0.05) is 0 Å². The molecule has 7 heteroatoms. The SMILES string of the molecule is Cc1oc(CNC2CC2)cc1S(=O)(=O)NCc1ccsc1. The van der Waals surface area contributed by atoms with E-state index >= 15 is 0 Å². The van der Waals surface area contributed by atoms with Gasteiger partial charge in [0.1, 0.15) is 16.4 Å². The standard InChI is InChI=1S/C14H18N2O3S2/c1-10-14(6-13(19-10)8-15-12-2-3-12)21(17,18)16-7-11-4-5-20-9-11/h4-6,9,12,15-16H,2-3,7-8H2,1H3. The molecule has 0 atom stereocenters. The molecule has 0 unspecified atom stereocenters. The van der Waals surface area contributed by atoms with Crippen molar-refractivity contribution in [2.75, 3.05) is 0 Å². The number of aryl methyl sites for hydroxylation is 1. The van der Waals surface area contributed by atoms with Crippen LogP contribution in [0.15, 0.2) is 32.2 Å². The number of rotatable bonds is 7. The van der Waals surface area contributed by atoms with Gasteiger partial charge in [0.25, 0.3) is 0 Å². The minimum absolute atomic E-state index is 0.227. The van der Waals surface area contributed by atoms with Crippen LogP contribution in [0.5, 0.6) is 0 Å². The zero-order valence-electron chi connectivity index (χ0n) is 11.8. The molecule has 1 aliphatic rings. The highest BCUT2D eigenvalue weighted by Gasteiger charge is 2.23. The van der Waals surface area contributed by atoms with Crippen molar-refractivity contribution in [1.29, 1.82) is 0 Å². The summed E-state index contributed by atoms with van der Waals surface area (Å²) >= 11 is 1.55. The second-order valence-electron chi connectivity index (χ2n) is 5.24. The molecule has 1 saturated carbocycles. The van der Waals surface area contributed by atoms with Crippen LogP contribution in [-0.4, -0.2) is 14.5 Å². The molecule has 5 nitrogen and oxygen atoms in total. The highest BCUT2D eigenvalue weighted by atomic mass is 32.2. The molecule has 21 heavy (non-hydrogen) atoms. The Balaban J connectivity index is 1.68. The second kappa shape index (κ2) is 5.92. The quantitative estimate of drug-likeness (QED) is 0.819. The van der Waals surface area contributed by atoms with E-state index in [-0.39, 0.29) is 4.90 Å². The first kappa shape index (κ1) is 14.8. The summed E-state index contributed by atoms with van der Waals surface area (Å²) in [6.07, 6.45) is 2.38. The van der Waals surface area contributed by atoms with Crippen LogP contribution < -0.4 is 10.0 Å². The van der Waals surface area contributed by atoms with E-state index in [2.05, 4.69) is 10.0 Å². The maximum atomic E-state index is 12.3. The van der Waals surface area contributed by atoms with Gasteiger partial charge in [-0.15, -0.1) is 0 Å². The van der Waals surface area contributed by atoms with E-state index in [1.165, 1.54) is 12.8 Å². The minimum atomic E-state index is -3.54. The predicted molar refractivity (Wildman–Crippen MR) is 81.7 cm³/mol. The summed E-state index contributed by atoms with van der Waals surface area (Å²) in [5, 5.41) is 7.16. The maximum absolute atomic E-state index is 12.3. The Labute approximate surface area is 128 Å². The number of sulfonamides is 1. The van der Waals surface area contributed by atoms with Crippen molar-refractivity contribution in [3.05, 3.63) is 40.0 Å². The van der Waals surface area contributed by atoms with Crippen molar-refractivity contribution < 1.29 is 12.8 Å². The van der Waals surface area contributed by atoms with Gasteiger partial charge in [-0.25, -0.2) is 13.1 Å². The van der Waals surface area contributed by atoms with Crippen molar-refractivity contribution in [3.8, 4) is 0 Å². The van der Waals surface area contributed by atoms with Gasteiger partial charge in [0.05, 0.1) is 6.54 Å². The lowest BCUT2D eigenvalue weighted by molar-refractivity contribution is 0.456. The first-order valence-electron chi connectivity index (χ1n) is 6.88. The number of nitrogens with one attached hydrogen (secondary N) is 2. The highest BCUT2D eigenvalue weighted by Crippen LogP contribution is 2.23. The molecule has 114 valence electrons. The second-order valence-corrected chi connectivity index (χ2v) is 7.76. The summed E-state index contributed by atoms with van der Waals surface area (Å²) in [4.78, 5) is 0.227. The molecule has 1 aliphatic carbocycles. The molecule has 0 bridgehead atoms. The fourth-order valence-electron chi connectivity index (χ4n) is 2.06. The Morgan fingerprint density at radius 3 is 2.86 bits per heavy atom. The van der Waals surface area contributed by atoms with Crippen LogP contribution in [0.4, 0.5) is 0 Å². The van der Waals surface area contributed by atoms with Gasteiger partial charge in [-0.2, -0.15) is 11.3 Å². The third-order valence-corrected chi connectivity index (χ3v) is 5.64. The summed E-state index contributed by atoms with van der Waals surface area (Å²) in [6.45, 7) is 2.55. The van der Waals surface area contributed by atoms with Crippen molar-refractivity contribution in [3.63, 3.8) is 0 Å². The van der Waals surface area contributed by atoms with Gasteiger partial charge in [0.15, 0.2) is 0 Å². The Morgan fingerprint density at radius 1 is 1.38 bits per heavy atom. The van der Waals surface area contributed by atoms with Gasteiger partial charge in [-0.05, 0) is 42.2 Å². The van der Waals surface area contributed by atoms with E-state index in [0.717, 1.165) is 5.56 Å². The van der Waals surface area contributed by atoms with E-state index in [9.17, 15) is 8.42 Å². The average Bonchev–Trinajstić information content (AvgIpc) is 2.97. The van der Waals surface area contributed by atoms with Crippen LogP contribution in [0.25, 0.3) is 0 Å². The zero-order chi connectivity index (χ0) is 14.9. The molecular weight excluding hydrogens is 308 g/mol. The van der Waals surface area contributed by atoms with Gasteiger partial charge in [-0.3, -0.25) is 0 Å². The molecule has 2 heterocycles. The fraction of sp³-hybridized carbons (Fsp3) is 0.429. The Morgan fingerprint density at radius 2 is 2.19 bits per heavy atom.